The summed E-state index contributed by atoms with van der Waals surface area (Å²) in [5.41, 5.74) is 9.63. The maximum absolute atomic E-state index is 8.71. The van der Waals surface area contributed by atoms with E-state index in [0.717, 1.165) is 11.3 Å². The lowest BCUT2D eigenvalue weighted by Crippen LogP contribution is -2.29. The fraction of sp³-hybridized carbons (Fsp3) is 0.538. The minimum Gasteiger partial charge on any atom is -0.497 e. The minimum absolute atomic E-state index is 0.0320. The summed E-state index contributed by atoms with van der Waals surface area (Å²) in [6, 6.07) is 7.27. The van der Waals surface area contributed by atoms with Crippen LogP contribution in [0, 0.1) is 0 Å². The Morgan fingerprint density at radius 3 is 3.11 bits per heavy atom. The zero-order valence-electron chi connectivity index (χ0n) is 10.9. The first-order valence-corrected chi connectivity index (χ1v) is 6.21. The number of benzene rings is 1. The summed E-state index contributed by atoms with van der Waals surface area (Å²) in [5, 5.41) is 3.85. The number of rotatable bonds is 5. The molecule has 0 amide bonds. The zero-order valence-corrected chi connectivity index (χ0v) is 10.9. The Hall–Kier alpha value is -1.75. The molecule has 102 valence electrons. The molecular formula is C13H17N3O3. The van der Waals surface area contributed by atoms with Crippen molar-refractivity contribution in [3.8, 4) is 5.75 Å². The summed E-state index contributed by atoms with van der Waals surface area (Å²) in [5.74, 6) is 0.747. The third-order valence-electron chi connectivity index (χ3n) is 3.04. The summed E-state index contributed by atoms with van der Waals surface area (Å²) >= 11 is 0. The molecule has 0 N–H and O–H groups in total. The van der Waals surface area contributed by atoms with E-state index >= 15 is 0 Å². The lowest BCUT2D eigenvalue weighted by atomic mass is 10.0. The SMILES string of the molecule is COc1cccc(C(CC2COCCO2)N=[N+]=[N-])c1. The number of methoxy groups -OCH3 is 1. The molecule has 1 saturated heterocycles. The van der Waals surface area contributed by atoms with Crippen LogP contribution in [0.25, 0.3) is 10.4 Å². The molecule has 1 aromatic rings. The van der Waals surface area contributed by atoms with E-state index in [1.807, 2.05) is 24.3 Å². The van der Waals surface area contributed by atoms with Crippen molar-refractivity contribution in [1.29, 1.82) is 0 Å². The van der Waals surface area contributed by atoms with Crippen LogP contribution in [0.2, 0.25) is 0 Å². The van der Waals surface area contributed by atoms with Gasteiger partial charge in [0.1, 0.15) is 5.75 Å². The third-order valence-corrected chi connectivity index (χ3v) is 3.04. The van der Waals surface area contributed by atoms with Crippen molar-refractivity contribution in [2.24, 2.45) is 5.11 Å². The largest absolute Gasteiger partial charge is 0.497 e. The topological polar surface area (TPSA) is 76.5 Å². The normalized spacial score (nSPS) is 20.4. The number of ether oxygens (including phenoxy) is 3. The molecular weight excluding hydrogens is 246 g/mol. The second kappa shape index (κ2) is 6.99. The number of azide groups is 1. The molecule has 1 heterocycles. The van der Waals surface area contributed by atoms with Gasteiger partial charge in [0, 0.05) is 4.91 Å². The standard InChI is InChI=1S/C13H17N3O3/c1-17-11-4-2-3-10(7-11)13(15-16-14)8-12-9-18-5-6-19-12/h2-4,7,12-13H,5-6,8-9H2,1H3. The van der Waals surface area contributed by atoms with Gasteiger partial charge in [-0.25, -0.2) is 0 Å². The fourth-order valence-electron chi connectivity index (χ4n) is 2.08. The van der Waals surface area contributed by atoms with Crippen molar-refractivity contribution in [2.45, 2.75) is 18.6 Å². The van der Waals surface area contributed by atoms with Crippen LogP contribution in [0.15, 0.2) is 29.4 Å². The van der Waals surface area contributed by atoms with Crippen molar-refractivity contribution in [1.82, 2.24) is 0 Å². The summed E-state index contributed by atoms with van der Waals surface area (Å²) in [6.45, 7) is 1.76. The maximum Gasteiger partial charge on any atom is 0.119 e. The third kappa shape index (κ3) is 3.86. The Labute approximate surface area is 111 Å². The Balaban J connectivity index is 2.11. The van der Waals surface area contributed by atoms with Gasteiger partial charge in [-0.2, -0.15) is 0 Å². The molecule has 0 spiro atoms. The van der Waals surface area contributed by atoms with Crippen LogP contribution < -0.4 is 4.74 Å². The first kappa shape index (κ1) is 13.7. The molecule has 0 bridgehead atoms. The Bertz CT molecular complexity index is 454. The number of hydrogen-bond donors (Lipinski definition) is 0. The average Bonchev–Trinajstić information content (AvgIpc) is 2.48. The highest BCUT2D eigenvalue weighted by molar-refractivity contribution is 5.30. The second-order valence-corrected chi connectivity index (χ2v) is 4.30. The molecule has 0 saturated carbocycles. The lowest BCUT2D eigenvalue weighted by Gasteiger charge is -2.25. The van der Waals surface area contributed by atoms with Gasteiger partial charge in [0.15, 0.2) is 0 Å². The molecule has 19 heavy (non-hydrogen) atoms. The second-order valence-electron chi connectivity index (χ2n) is 4.30. The van der Waals surface area contributed by atoms with E-state index < -0.39 is 0 Å². The highest BCUT2D eigenvalue weighted by Crippen LogP contribution is 2.27. The van der Waals surface area contributed by atoms with E-state index in [1.54, 1.807) is 7.11 Å². The van der Waals surface area contributed by atoms with E-state index in [4.69, 9.17) is 19.7 Å². The van der Waals surface area contributed by atoms with Gasteiger partial charge in [-0.3, -0.25) is 0 Å². The van der Waals surface area contributed by atoms with Crippen LogP contribution in [0.5, 0.6) is 5.75 Å². The molecule has 1 aliphatic rings. The molecule has 0 aromatic heterocycles. The fourth-order valence-corrected chi connectivity index (χ4v) is 2.08. The Kier molecular flexibility index (Phi) is 5.03. The predicted molar refractivity (Wildman–Crippen MR) is 70.1 cm³/mol. The van der Waals surface area contributed by atoms with Crippen LogP contribution in [-0.2, 0) is 9.47 Å². The number of hydrogen-bond acceptors (Lipinski definition) is 4. The average molecular weight is 263 g/mol. The van der Waals surface area contributed by atoms with Gasteiger partial charge in [0.05, 0.1) is 39.1 Å². The molecule has 6 heteroatoms. The van der Waals surface area contributed by atoms with Crippen LogP contribution in [0.3, 0.4) is 0 Å². The monoisotopic (exact) mass is 263 g/mol. The molecule has 2 rings (SSSR count). The van der Waals surface area contributed by atoms with Crippen molar-refractivity contribution in [2.75, 3.05) is 26.9 Å². The van der Waals surface area contributed by atoms with E-state index in [0.29, 0.717) is 26.2 Å². The minimum atomic E-state index is -0.271. The van der Waals surface area contributed by atoms with Gasteiger partial charge in [0.25, 0.3) is 0 Å². The predicted octanol–water partition coefficient (Wildman–Crippen LogP) is 2.85. The van der Waals surface area contributed by atoms with Gasteiger partial charge in [-0.05, 0) is 29.6 Å². The van der Waals surface area contributed by atoms with E-state index in [9.17, 15) is 0 Å². The zero-order chi connectivity index (χ0) is 13.5. The van der Waals surface area contributed by atoms with E-state index in [2.05, 4.69) is 10.0 Å². The molecule has 2 atom stereocenters. The summed E-state index contributed by atoms with van der Waals surface area (Å²) in [7, 11) is 1.61. The molecule has 1 aromatic carbocycles. The molecule has 0 aliphatic carbocycles. The Morgan fingerprint density at radius 1 is 1.53 bits per heavy atom. The van der Waals surface area contributed by atoms with Crippen molar-refractivity contribution in [3.05, 3.63) is 40.3 Å². The van der Waals surface area contributed by atoms with Crippen LogP contribution in [0.4, 0.5) is 0 Å². The molecule has 1 aliphatic heterocycles. The molecule has 1 fully saturated rings. The summed E-state index contributed by atoms with van der Waals surface area (Å²) < 4.78 is 16.1. The van der Waals surface area contributed by atoms with Gasteiger partial charge < -0.3 is 14.2 Å². The van der Waals surface area contributed by atoms with Crippen LogP contribution in [0.1, 0.15) is 18.0 Å². The number of nitrogens with zero attached hydrogens (tertiary/aromatic N) is 3. The van der Waals surface area contributed by atoms with Gasteiger partial charge in [0.2, 0.25) is 0 Å². The van der Waals surface area contributed by atoms with Gasteiger partial charge in [-0.1, -0.05) is 17.2 Å². The van der Waals surface area contributed by atoms with Crippen molar-refractivity contribution in [3.63, 3.8) is 0 Å². The first-order valence-electron chi connectivity index (χ1n) is 6.21. The van der Waals surface area contributed by atoms with Gasteiger partial charge in [-0.15, -0.1) is 0 Å². The van der Waals surface area contributed by atoms with Crippen LogP contribution >= 0.6 is 0 Å². The molecule has 6 nitrogen and oxygen atoms in total. The van der Waals surface area contributed by atoms with Gasteiger partial charge >= 0.3 is 0 Å². The lowest BCUT2D eigenvalue weighted by molar-refractivity contribution is -0.0926. The first-order chi connectivity index (χ1) is 9.33. The maximum atomic E-state index is 8.71. The summed E-state index contributed by atoms with van der Waals surface area (Å²) in [6.07, 6.45) is 0.576. The molecule has 2 unspecified atom stereocenters. The van der Waals surface area contributed by atoms with Crippen molar-refractivity contribution < 1.29 is 14.2 Å². The molecule has 0 radical (unpaired) electrons. The van der Waals surface area contributed by atoms with Crippen molar-refractivity contribution >= 4 is 0 Å². The Morgan fingerprint density at radius 2 is 2.42 bits per heavy atom. The van der Waals surface area contributed by atoms with E-state index in [1.165, 1.54) is 0 Å². The van der Waals surface area contributed by atoms with E-state index in [-0.39, 0.29) is 12.1 Å². The highest BCUT2D eigenvalue weighted by atomic mass is 16.6. The smallest absolute Gasteiger partial charge is 0.119 e. The quantitative estimate of drug-likeness (QED) is 0.465. The summed E-state index contributed by atoms with van der Waals surface area (Å²) in [4.78, 5) is 2.92. The van der Waals surface area contributed by atoms with Crippen LogP contribution in [-0.4, -0.2) is 33.0 Å². The highest BCUT2D eigenvalue weighted by Gasteiger charge is 2.20.